The Morgan fingerprint density at radius 1 is 1.38 bits per heavy atom. The largest absolute Gasteiger partial charge is 0.466 e. The van der Waals surface area contributed by atoms with Crippen LogP contribution in [-0.4, -0.2) is 36.1 Å². The number of esters is 1. The number of imidazole rings is 1. The summed E-state index contributed by atoms with van der Waals surface area (Å²) in [6, 6.07) is 3.54. The molecule has 2 aromatic rings. The number of ether oxygens (including phenoxy) is 1. The molecule has 7 nitrogen and oxygen atoms in total. The van der Waals surface area contributed by atoms with Crippen LogP contribution in [0.1, 0.15) is 32.4 Å². The minimum atomic E-state index is -3.52. The highest BCUT2D eigenvalue weighted by Crippen LogP contribution is 2.23. The van der Waals surface area contributed by atoms with Crippen LogP contribution in [0.2, 0.25) is 0 Å². The van der Waals surface area contributed by atoms with Crippen molar-refractivity contribution in [1.29, 1.82) is 0 Å². The average molecular weight is 418 g/mol. The number of anilines is 1. The summed E-state index contributed by atoms with van der Waals surface area (Å²) in [5.41, 5.74) is 0.886. The van der Waals surface area contributed by atoms with Gasteiger partial charge in [-0.05, 0) is 41.4 Å². The van der Waals surface area contributed by atoms with Crippen LogP contribution < -0.4 is 4.72 Å². The van der Waals surface area contributed by atoms with Crippen molar-refractivity contribution in [1.82, 2.24) is 9.38 Å². The Bertz CT molecular complexity index is 833. The fourth-order valence-corrected chi connectivity index (χ4v) is 3.80. The monoisotopic (exact) mass is 417 g/mol. The molecule has 0 aliphatic heterocycles. The number of hydrogen-bond acceptors (Lipinski definition) is 5. The van der Waals surface area contributed by atoms with Gasteiger partial charge in [-0.3, -0.25) is 13.9 Å². The summed E-state index contributed by atoms with van der Waals surface area (Å²) >= 11 is 3.36. The molecule has 0 saturated heterocycles. The lowest BCUT2D eigenvalue weighted by Crippen LogP contribution is -2.19. The van der Waals surface area contributed by atoms with Crippen molar-refractivity contribution in [3.63, 3.8) is 0 Å². The lowest BCUT2D eigenvalue weighted by molar-refractivity contribution is -0.142. The van der Waals surface area contributed by atoms with E-state index in [4.69, 9.17) is 4.74 Å². The van der Waals surface area contributed by atoms with Gasteiger partial charge >= 0.3 is 5.97 Å². The number of carbonyl (C=O) groups is 1. The molecule has 2 heterocycles. The van der Waals surface area contributed by atoms with Crippen molar-refractivity contribution in [2.75, 3.05) is 17.1 Å². The molecule has 0 unspecified atom stereocenters. The molecule has 0 spiro atoms. The number of nitrogens with one attached hydrogen (secondary N) is 1. The Morgan fingerprint density at radius 3 is 2.79 bits per heavy atom. The zero-order chi connectivity index (χ0) is 17.7. The molecule has 0 fully saturated rings. The Hall–Kier alpha value is -1.61. The quantitative estimate of drug-likeness (QED) is 0.666. The van der Waals surface area contributed by atoms with Gasteiger partial charge in [0.2, 0.25) is 10.0 Å². The molecule has 2 aromatic heterocycles. The Morgan fingerprint density at radius 2 is 2.12 bits per heavy atom. The molecule has 1 N–H and O–H groups in total. The van der Waals surface area contributed by atoms with Crippen LogP contribution in [-0.2, 0) is 26.0 Å². The SMILES string of the molecule is CCCCS(=O)(=O)Nc1c(CC(=O)OCC)nc2ccc(Br)cn12. The van der Waals surface area contributed by atoms with E-state index in [1.54, 1.807) is 29.7 Å². The first-order valence-electron chi connectivity index (χ1n) is 7.69. The maximum atomic E-state index is 12.3. The van der Waals surface area contributed by atoms with E-state index in [9.17, 15) is 13.2 Å². The van der Waals surface area contributed by atoms with E-state index < -0.39 is 16.0 Å². The number of aromatic nitrogens is 2. The molecular weight excluding hydrogens is 398 g/mol. The molecule has 0 atom stereocenters. The Kier molecular flexibility index (Phi) is 6.22. The van der Waals surface area contributed by atoms with Crippen LogP contribution in [0, 0.1) is 0 Å². The molecule has 24 heavy (non-hydrogen) atoms. The highest BCUT2D eigenvalue weighted by Gasteiger charge is 2.20. The summed E-state index contributed by atoms with van der Waals surface area (Å²) in [6.45, 7) is 3.90. The van der Waals surface area contributed by atoms with Gasteiger partial charge in [-0.15, -0.1) is 0 Å². The predicted molar refractivity (Wildman–Crippen MR) is 95.5 cm³/mol. The van der Waals surface area contributed by atoms with Crippen molar-refractivity contribution in [3.05, 3.63) is 28.5 Å². The van der Waals surface area contributed by atoms with Gasteiger partial charge in [-0.25, -0.2) is 13.4 Å². The van der Waals surface area contributed by atoms with Gasteiger partial charge in [-0.2, -0.15) is 0 Å². The molecule has 0 aliphatic rings. The fourth-order valence-electron chi connectivity index (χ4n) is 2.18. The normalized spacial score (nSPS) is 11.6. The molecule has 0 radical (unpaired) electrons. The van der Waals surface area contributed by atoms with Crippen molar-refractivity contribution in [3.8, 4) is 0 Å². The first kappa shape index (κ1) is 18.7. The number of unbranched alkanes of at least 4 members (excludes halogenated alkanes) is 1. The number of fused-ring (bicyclic) bond motifs is 1. The third-order valence-corrected chi connectivity index (χ3v) is 5.09. The lowest BCUT2D eigenvalue weighted by Gasteiger charge is -2.09. The van der Waals surface area contributed by atoms with E-state index in [0.29, 0.717) is 17.8 Å². The van der Waals surface area contributed by atoms with Crippen molar-refractivity contribution >= 4 is 43.4 Å². The standard InChI is InChI=1S/C15H20BrN3O4S/c1-3-5-8-24(21,22)18-15-12(9-14(20)23-4-2)17-13-7-6-11(16)10-19(13)15/h6-7,10,18H,3-5,8-9H2,1-2H3. The van der Waals surface area contributed by atoms with Crippen LogP contribution in [0.3, 0.4) is 0 Å². The van der Waals surface area contributed by atoms with Crippen LogP contribution in [0.4, 0.5) is 5.82 Å². The number of sulfonamides is 1. The fraction of sp³-hybridized carbons (Fsp3) is 0.467. The van der Waals surface area contributed by atoms with Crippen LogP contribution in [0.15, 0.2) is 22.8 Å². The van der Waals surface area contributed by atoms with Crippen LogP contribution >= 0.6 is 15.9 Å². The van der Waals surface area contributed by atoms with E-state index >= 15 is 0 Å². The highest BCUT2D eigenvalue weighted by atomic mass is 79.9. The summed E-state index contributed by atoms with van der Waals surface area (Å²) in [5, 5.41) is 0. The smallest absolute Gasteiger partial charge is 0.312 e. The van der Waals surface area contributed by atoms with Gasteiger partial charge in [-0.1, -0.05) is 13.3 Å². The van der Waals surface area contributed by atoms with E-state index in [2.05, 4.69) is 25.6 Å². The number of hydrogen-bond donors (Lipinski definition) is 1. The second-order valence-corrected chi connectivity index (χ2v) is 8.00. The van der Waals surface area contributed by atoms with Gasteiger partial charge in [0, 0.05) is 10.7 Å². The molecule has 9 heteroatoms. The minimum Gasteiger partial charge on any atom is -0.466 e. The van der Waals surface area contributed by atoms with Gasteiger partial charge in [0.25, 0.3) is 0 Å². The molecule has 132 valence electrons. The van der Waals surface area contributed by atoms with Crippen molar-refractivity contribution in [2.45, 2.75) is 33.1 Å². The Balaban J connectivity index is 2.43. The molecule has 0 saturated carbocycles. The van der Waals surface area contributed by atoms with E-state index in [1.165, 1.54) is 0 Å². The predicted octanol–water partition coefficient (Wildman–Crippen LogP) is 2.74. The number of rotatable bonds is 8. The zero-order valence-corrected chi connectivity index (χ0v) is 16.0. The maximum absolute atomic E-state index is 12.3. The van der Waals surface area contributed by atoms with E-state index in [0.717, 1.165) is 10.9 Å². The number of nitrogens with zero attached hydrogens (tertiary/aromatic N) is 2. The second kappa shape index (κ2) is 7.98. The van der Waals surface area contributed by atoms with E-state index in [1.807, 2.05) is 6.92 Å². The lowest BCUT2D eigenvalue weighted by atomic mass is 10.3. The molecule has 0 amide bonds. The molecule has 0 aromatic carbocycles. The summed E-state index contributed by atoms with van der Waals surface area (Å²) in [6.07, 6.45) is 2.94. The zero-order valence-electron chi connectivity index (χ0n) is 13.6. The summed E-state index contributed by atoms with van der Waals surface area (Å²) in [7, 11) is -3.52. The summed E-state index contributed by atoms with van der Waals surface area (Å²) in [4.78, 5) is 16.1. The van der Waals surface area contributed by atoms with Gasteiger partial charge in [0.15, 0.2) is 0 Å². The first-order chi connectivity index (χ1) is 11.4. The molecule has 0 bridgehead atoms. The maximum Gasteiger partial charge on any atom is 0.312 e. The van der Waals surface area contributed by atoms with Gasteiger partial charge < -0.3 is 4.74 Å². The topological polar surface area (TPSA) is 89.8 Å². The summed E-state index contributed by atoms with van der Waals surface area (Å²) in [5.74, 6) is -0.159. The van der Waals surface area contributed by atoms with Crippen LogP contribution in [0.25, 0.3) is 5.65 Å². The van der Waals surface area contributed by atoms with Gasteiger partial charge in [0.05, 0.1) is 24.5 Å². The third kappa shape index (κ3) is 4.70. The number of pyridine rings is 1. The van der Waals surface area contributed by atoms with Crippen molar-refractivity contribution < 1.29 is 17.9 Å². The van der Waals surface area contributed by atoms with Crippen molar-refractivity contribution in [2.24, 2.45) is 0 Å². The van der Waals surface area contributed by atoms with Gasteiger partial charge in [0.1, 0.15) is 11.5 Å². The molecule has 2 rings (SSSR count). The minimum absolute atomic E-state index is 0.0174. The third-order valence-electron chi connectivity index (χ3n) is 3.29. The summed E-state index contributed by atoms with van der Waals surface area (Å²) < 4.78 is 34.4. The number of halogens is 1. The van der Waals surface area contributed by atoms with Crippen LogP contribution in [0.5, 0.6) is 0 Å². The second-order valence-electron chi connectivity index (χ2n) is 5.24. The molecular formula is C15H20BrN3O4S. The number of carbonyl (C=O) groups excluding carboxylic acids is 1. The van der Waals surface area contributed by atoms with E-state index in [-0.39, 0.29) is 24.6 Å². The average Bonchev–Trinajstić information content (AvgIpc) is 2.82. The first-order valence-corrected chi connectivity index (χ1v) is 10.1. The Labute approximate surface area is 149 Å². The molecule has 0 aliphatic carbocycles. The highest BCUT2D eigenvalue weighted by molar-refractivity contribution is 9.10.